The molecular weight excluding hydrogens is 515 g/mol. The van der Waals surface area contributed by atoms with Gasteiger partial charge in [-0.25, -0.2) is 0 Å². The van der Waals surface area contributed by atoms with Gasteiger partial charge in [-0.05, 0) is 105 Å². The number of phenolic OH excluding ortho intramolecular Hbond substituents is 1. The number of aromatic hydroxyl groups is 1. The summed E-state index contributed by atoms with van der Waals surface area (Å²) in [4.78, 5) is 23.5. The van der Waals surface area contributed by atoms with Gasteiger partial charge in [0.15, 0.2) is 0 Å². The molecule has 171 valence electrons. The van der Waals surface area contributed by atoms with Crippen LogP contribution in [0.15, 0.2) is 23.1 Å². The van der Waals surface area contributed by atoms with Crippen LogP contribution in [-0.4, -0.2) is 28.5 Å². The second kappa shape index (κ2) is 9.81. The fourth-order valence-electron chi connectivity index (χ4n) is 4.12. The van der Waals surface area contributed by atoms with Crippen molar-refractivity contribution in [3.63, 3.8) is 0 Å². The Balaban J connectivity index is 0.00000306. The second-order valence-corrected chi connectivity index (χ2v) is 9.76. The maximum Gasteiger partial charge on any atom is 0.290 e. The molecule has 33 heavy (non-hydrogen) atoms. The van der Waals surface area contributed by atoms with Crippen LogP contribution in [0.4, 0.5) is 4.79 Å². The molecule has 6 nitrogen and oxygen atoms in total. The molecule has 1 unspecified atom stereocenters. The number of imide groups is 1. The van der Waals surface area contributed by atoms with Crippen LogP contribution in [0.5, 0.6) is 17.2 Å². The van der Waals surface area contributed by atoms with Gasteiger partial charge in [-0.2, -0.15) is 0 Å². The first-order valence-electron chi connectivity index (χ1n) is 10.6. The number of amides is 2. The van der Waals surface area contributed by atoms with Crippen LogP contribution in [0.3, 0.4) is 0 Å². The molecule has 0 aliphatic carbocycles. The molecule has 2 aromatic carbocycles. The second-order valence-electron chi connectivity index (χ2n) is 8.75. The summed E-state index contributed by atoms with van der Waals surface area (Å²) in [5.41, 5.74) is 5.06. The summed E-state index contributed by atoms with van der Waals surface area (Å²) in [5, 5.41) is 12.3. The van der Waals surface area contributed by atoms with Crippen LogP contribution in [0.2, 0.25) is 0 Å². The molecule has 2 heterocycles. The minimum Gasteiger partial charge on any atom is -0.507 e. The zero-order valence-electron chi connectivity index (χ0n) is 19.5. The van der Waals surface area contributed by atoms with Crippen LogP contribution in [0.25, 0.3) is 6.08 Å². The van der Waals surface area contributed by atoms with Crippen molar-refractivity contribution in [1.29, 1.82) is 0 Å². The van der Waals surface area contributed by atoms with Gasteiger partial charge in [0.2, 0.25) is 0 Å². The van der Waals surface area contributed by atoms with Crippen LogP contribution < -0.4 is 14.8 Å². The Bertz CT molecular complexity index is 1180. The van der Waals surface area contributed by atoms with Gasteiger partial charge in [0.1, 0.15) is 29.5 Å². The molecule has 0 bridgehead atoms. The molecule has 0 aromatic heterocycles. The summed E-state index contributed by atoms with van der Waals surface area (Å²) in [5.74, 6) is 1.59. The molecule has 2 aromatic rings. The van der Waals surface area contributed by atoms with Gasteiger partial charge in [-0.1, -0.05) is 6.07 Å². The summed E-state index contributed by atoms with van der Waals surface area (Å²) >= 11 is 0.903. The number of aryl methyl sites for hydroxylation is 1. The first-order valence-corrected chi connectivity index (χ1v) is 11.4. The predicted octanol–water partition coefficient (Wildman–Crippen LogP) is 5.11. The molecule has 0 saturated carbocycles. The van der Waals surface area contributed by atoms with Gasteiger partial charge in [0.05, 0.1) is 4.91 Å². The van der Waals surface area contributed by atoms with Gasteiger partial charge in [-0.3, -0.25) is 14.9 Å². The number of hydrogen-bond acceptors (Lipinski definition) is 6. The molecule has 0 spiro atoms. The van der Waals surface area contributed by atoms with Gasteiger partial charge < -0.3 is 14.6 Å². The van der Waals surface area contributed by atoms with Crippen molar-refractivity contribution in [3.8, 4) is 17.2 Å². The number of carbonyl (C=O) groups is 2. The number of benzene rings is 2. The standard InChI is InChI=1S/C25H27NO5S.Y/c1-13-10-17(11-20-23(28)26-24(29)32-20)6-7-19(13)30-12-25(5)9-8-18-16(4)21(27)14(2)15(3)22(18)31-25;/h6-7,10-11,27H,8-9,12H2,1-5H3,(H,26,28,29);/b20-11-;. The summed E-state index contributed by atoms with van der Waals surface area (Å²) < 4.78 is 12.6. The van der Waals surface area contributed by atoms with E-state index >= 15 is 0 Å². The molecule has 4 rings (SSSR count). The molecule has 2 aliphatic heterocycles. The number of thioether (sulfide) groups is 1. The largest absolute Gasteiger partial charge is 0.507 e. The van der Waals surface area contributed by atoms with Crippen LogP contribution in [0.1, 0.15) is 46.7 Å². The van der Waals surface area contributed by atoms with Gasteiger partial charge >= 0.3 is 0 Å². The van der Waals surface area contributed by atoms with Crippen molar-refractivity contribution >= 4 is 29.0 Å². The monoisotopic (exact) mass is 542 g/mol. The summed E-state index contributed by atoms with van der Waals surface area (Å²) in [6.07, 6.45) is 3.30. The van der Waals surface area contributed by atoms with Crippen LogP contribution in [0, 0.1) is 27.7 Å². The first kappa shape index (κ1) is 25.8. The number of fused-ring (bicyclic) bond motifs is 1. The van der Waals surface area contributed by atoms with E-state index in [0.29, 0.717) is 17.3 Å². The molecule has 8 heteroatoms. The number of carbonyl (C=O) groups excluding carboxylic acids is 2. The van der Waals surface area contributed by atoms with Gasteiger partial charge in [0, 0.05) is 38.3 Å². The normalized spacial score (nSPS) is 20.7. The van der Waals surface area contributed by atoms with E-state index in [9.17, 15) is 14.7 Å². The molecule has 1 radical (unpaired) electrons. The Morgan fingerprint density at radius 3 is 2.55 bits per heavy atom. The van der Waals surface area contributed by atoms with Crippen molar-refractivity contribution in [3.05, 3.63) is 56.5 Å². The van der Waals surface area contributed by atoms with Gasteiger partial charge in [0.25, 0.3) is 11.1 Å². The zero-order chi connectivity index (χ0) is 23.2. The number of hydrogen-bond donors (Lipinski definition) is 2. The van der Waals surface area contributed by atoms with Crippen molar-refractivity contribution < 1.29 is 56.9 Å². The smallest absolute Gasteiger partial charge is 0.290 e. The maximum absolute atomic E-state index is 11.8. The number of rotatable bonds is 4. The van der Waals surface area contributed by atoms with Crippen LogP contribution >= 0.6 is 11.8 Å². The molecule has 1 atom stereocenters. The van der Waals surface area contributed by atoms with Gasteiger partial charge in [-0.15, -0.1) is 0 Å². The summed E-state index contributed by atoms with van der Waals surface area (Å²) in [7, 11) is 0. The summed E-state index contributed by atoms with van der Waals surface area (Å²) in [6, 6.07) is 5.67. The van der Waals surface area contributed by atoms with E-state index in [2.05, 4.69) is 5.32 Å². The van der Waals surface area contributed by atoms with E-state index in [-0.39, 0.29) is 43.9 Å². The molecule has 1 saturated heterocycles. The van der Waals surface area contributed by atoms with E-state index in [1.807, 2.05) is 52.8 Å². The topological polar surface area (TPSA) is 84.9 Å². The Labute approximate surface area is 223 Å². The van der Waals surface area contributed by atoms with E-state index in [1.54, 1.807) is 6.08 Å². The fraction of sp³-hybridized carbons (Fsp3) is 0.360. The molecule has 1 fully saturated rings. The van der Waals surface area contributed by atoms with Crippen LogP contribution in [-0.2, 0) is 43.9 Å². The van der Waals surface area contributed by atoms with Crippen molar-refractivity contribution in [2.45, 2.75) is 53.1 Å². The van der Waals surface area contributed by atoms with E-state index < -0.39 is 5.60 Å². The first-order chi connectivity index (χ1) is 15.1. The third-order valence-electron chi connectivity index (χ3n) is 6.26. The Kier molecular flexibility index (Phi) is 7.66. The SMILES string of the molecule is Cc1cc(/C=C2\SC(=O)NC2=O)ccc1OCC1(C)CCc2c(C)c(O)c(C)c(C)c2O1.[Y]. The van der Waals surface area contributed by atoms with E-state index in [0.717, 1.165) is 69.5 Å². The van der Waals surface area contributed by atoms with Crippen molar-refractivity contribution in [2.24, 2.45) is 0 Å². The minimum absolute atomic E-state index is 0. The van der Waals surface area contributed by atoms with Crippen molar-refractivity contribution in [2.75, 3.05) is 6.61 Å². The van der Waals surface area contributed by atoms with E-state index in [1.165, 1.54) is 0 Å². The Hall–Kier alpha value is -1.83. The molecule has 2 amide bonds. The molecular formula is C25H27NO5SY. The number of nitrogens with one attached hydrogen (secondary N) is 1. The van der Waals surface area contributed by atoms with Crippen molar-refractivity contribution in [1.82, 2.24) is 5.32 Å². The summed E-state index contributed by atoms with van der Waals surface area (Å²) in [6.45, 7) is 10.2. The fourth-order valence-corrected chi connectivity index (χ4v) is 4.81. The Morgan fingerprint density at radius 1 is 1.18 bits per heavy atom. The number of ether oxygens (including phenoxy) is 2. The number of phenols is 1. The average Bonchev–Trinajstić information content (AvgIpc) is 3.06. The molecule has 2 N–H and O–H groups in total. The predicted molar refractivity (Wildman–Crippen MR) is 125 cm³/mol. The quantitative estimate of drug-likeness (QED) is 0.523. The third-order valence-corrected chi connectivity index (χ3v) is 7.07. The van der Waals surface area contributed by atoms with E-state index in [4.69, 9.17) is 9.47 Å². The zero-order valence-corrected chi connectivity index (χ0v) is 23.2. The Morgan fingerprint density at radius 2 is 1.91 bits per heavy atom. The molecule has 2 aliphatic rings. The average molecular weight is 542 g/mol. The maximum atomic E-state index is 11.8. The minimum atomic E-state index is -0.486. The third kappa shape index (κ3) is 5.15.